The number of benzene rings is 1. The summed E-state index contributed by atoms with van der Waals surface area (Å²) in [5.41, 5.74) is 3.85. The number of aryl methyl sites for hydroxylation is 2. The molecule has 1 aliphatic rings. The molecule has 0 saturated carbocycles. The van der Waals surface area contributed by atoms with Crippen molar-refractivity contribution in [2.75, 3.05) is 13.1 Å². The van der Waals surface area contributed by atoms with Crippen LogP contribution in [0.4, 0.5) is 0 Å². The minimum atomic E-state index is 0.107. The average Bonchev–Trinajstić information content (AvgIpc) is 2.86. The van der Waals surface area contributed by atoms with Crippen LogP contribution in [0.2, 0.25) is 5.02 Å². The lowest BCUT2D eigenvalue weighted by atomic mass is 9.72. The van der Waals surface area contributed by atoms with E-state index in [2.05, 4.69) is 47.1 Å². The zero-order valence-electron chi connectivity index (χ0n) is 12.7. The van der Waals surface area contributed by atoms with Crippen LogP contribution < -0.4 is 5.32 Å². The Hall–Kier alpha value is -1.32. The third-order valence-electron chi connectivity index (χ3n) is 4.47. The Bertz CT molecular complexity index is 629. The number of hydrogen-bond acceptors (Lipinski definition) is 2. The third-order valence-corrected chi connectivity index (χ3v) is 4.80. The smallest absolute Gasteiger partial charge is 0.0624 e. The normalized spacial score (nSPS) is 16.7. The van der Waals surface area contributed by atoms with E-state index in [1.54, 1.807) is 0 Å². The molecule has 2 heterocycles. The summed E-state index contributed by atoms with van der Waals surface area (Å²) >= 11 is 6.44. The van der Waals surface area contributed by atoms with Gasteiger partial charge in [0.25, 0.3) is 0 Å². The zero-order chi connectivity index (χ0) is 14.9. The van der Waals surface area contributed by atoms with E-state index in [1.165, 1.54) is 17.0 Å². The molecular formula is C17H22ClN3. The van der Waals surface area contributed by atoms with E-state index >= 15 is 0 Å². The van der Waals surface area contributed by atoms with E-state index in [0.29, 0.717) is 0 Å². The molecule has 1 aromatic carbocycles. The van der Waals surface area contributed by atoms with E-state index in [1.807, 2.05) is 12.1 Å². The molecule has 1 saturated heterocycles. The van der Waals surface area contributed by atoms with Crippen LogP contribution in [-0.4, -0.2) is 22.9 Å². The molecule has 3 rings (SSSR count). The minimum absolute atomic E-state index is 0.107. The highest BCUT2D eigenvalue weighted by molar-refractivity contribution is 6.31. The topological polar surface area (TPSA) is 29.9 Å². The molecule has 1 aliphatic heterocycles. The largest absolute Gasteiger partial charge is 0.315 e. The van der Waals surface area contributed by atoms with E-state index in [-0.39, 0.29) is 5.41 Å². The van der Waals surface area contributed by atoms with Crippen molar-refractivity contribution in [3.8, 4) is 0 Å². The lowest BCUT2D eigenvalue weighted by molar-refractivity contribution is 0.269. The maximum absolute atomic E-state index is 6.44. The van der Waals surface area contributed by atoms with Crippen LogP contribution in [0.15, 0.2) is 30.3 Å². The summed E-state index contributed by atoms with van der Waals surface area (Å²) in [4.78, 5) is 0. The fraction of sp³-hybridized carbons (Fsp3) is 0.471. The van der Waals surface area contributed by atoms with Gasteiger partial charge >= 0.3 is 0 Å². The van der Waals surface area contributed by atoms with E-state index in [0.717, 1.165) is 37.5 Å². The Morgan fingerprint density at radius 1 is 1.29 bits per heavy atom. The summed E-state index contributed by atoms with van der Waals surface area (Å²) in [6, 6.07) is 10.5. The quantitative estimate of drug-likeness (QED) is 0.919. The van der Waals surface area contributed by atoms with E-state index in [4.69, 9.17) is 11.6 Å². The molecule has 0 bridgehead atoms. The summed E-state index contributed by atoms with van der Waals surface area (Å²) in [5.74, 6) is 0. The van der Waals surface area contributed by atoms with Crippen molar-refractivity contribution in [3.05, 3.63) is 52.3 Å². The summed E-state index contributed by atoms with van der Waals surface area (Å²) in [7, 11) is 0. The second-order valence-corrected chi connectivity index (χ2v) is 6.24. The molecule has 21 heavy (non-hydrogen) atoms. The molecule has 0 atom stereocenters. The lowest BCUT2D eigenvalue weighted by Crippen LogP contribution is -2.58. The molecule has 3 nitrogen and oxygen atoms in total. The van der Waals surface area contributed by atoms with Crippen LogP contribution in [0.3, 0.4) is 0 Å². The number of nitrogens with one attached hydrogen (secondary N) is 1. The average molecular weight is 304 g/mol. The fourth-order valence-electron chi connectivity index (χ4n) is 3.18. The molecule has 2 aromatic rings. The van der Waals surface area contributed by atoms with Gasteiger partial charge in [-0.15, -0.1) is 0 Å². The molecule has 4 heteroatoms. The van der Waals surface area contributed by atoms with Crippen LogP contribution in [0.5, 0.6) is 0 Å². The van der Waals surface area contributed by atoms with Gasteiger partial charge in [0.2, 0.25) is 0 Å². The van der Waals surface area contributed by atoms with Gasteiger partial charge in [-0.05, 0) is 31.0 Å². The number of aromatic nitrogens is 2. The molecular weight excluding hydrogens is 282 g/mol. The summed E-state index contributed by atoms with van der Waals surface area (Å²) in [6.07, 6.45) is 1.97. The van der Waals surface area contributed by atoms with Gasteiger partial charge in [0.15, 0.2) is 0 Å². The van der Waals surface area contributed by atoms with Gasteiger partial charge in [0, 0.05) is 42.2 Å². The number of halogens is 1. The first kappa shape index (κ1) is 14.6. The summed E-state index contributed by atoms with van der Waals surface area (Å²) < 4.78 is 2.13. The molecule has 0 amide bonds. The molecule has 0 aliphatic carbocycles. The lowest BCUT2D eigenvalue weighted by Gasteiger charge is -2.43. The summed E-state index contributed by atoms with van der Waals surface area (Å²) in [6.45, 7) is 7.18. The first-order valence-electron chi connectivity index (χ1n) is 7.70. The molecule has 1 aromatic heterocycles. The maximum atomic E-state index is 6.44. The first-order chi connectivity index (χ1) is 10.2. The van der Waals surface area contributed by atoms with Crippen molar-refractivity contribution >= 4 is 11.6 Å². The molecule has 1 N–H and O–H groups in total. The highest BCUT2D eigenvalue weighted by Gasteiger charge is 2.40. The van der Waals surface area contributed by atoms with Crippen LogP contribution in [0.25, 0.3) is 0 Å². The van der Waals surface area contributed by atoms with Crippen molar-refractivity contribution in [2.24, 2.45) is 0 Å². The van der Waals surface area contributed by atoms with Gasteiger partial charge < -0.3 is 5.32 Å². The van der Waals surface area contributed by atoms with Gasteiger partial charge in [-0.3, -0.25) is 4.68 Å². The van der Waals surface area contributed by atoms with Gasteiger partial charge in [0.1, 0.15) is 0 Å². The van der Waals surface area contributed by atoms with Crippen LogP contribution >= 0.6 is 11.6 Å². The van der Waals surface area contributed by atoms with E-state index < -0.39 is 0 Å². The zero-order valence-corrected chi connectivity index (χ0v) is 13.5. The Labute approximate surface area is 131 Å². The standard InChI is InChI=1S/C17H22ClN3/c1-3-13-9-14(21(4-2)20-13)10-17(11-19-12-17)15-7-5-6-8-16(15)18/h5-9,19H,3-4,10-12H2,1-2H3. The fourth-order valence-corrected chi connectivity index (χ4v) is 3.52. The molecule has 0 unspecified atom stereocenters. The predicted molar refractivity (Wildman–Crippen MR) is 87.0 cm³/mol. The van der Waals surface area contributed by atoms with Crippen molar-refractivity contribution in [3.63, 3.8) is 0 Å². The molecule has 0 spiro atoms. The van der Waals surface area contributed by atoms with E-state index in [9.17, 15) is 0 Å². The Morgan fingerprint density at radius 3 is 2.62 bits per heavy atom. The van der Waals surface area contributed by atoms with Gasteiger partial charge in [0.05, 0.1) is 5.69 Å². The first-order valence-corrected chi connectivity index (χ1v) is 8.07. The molecule has 112 valence electrons. The maximum Gasteiger partial charge on any atom is 0.0624 e. The Balaban J connectivity index is 1.95. The summed E-state index contributed by atoms with van der Waals surface area (Å²) in [5, 5.41) is 8.96. The third kappa shape index (κ3) is 2.60. The van der Waals surface area contributed by atoms with Crippen LogP contribution in [0, 0.1) is 0 Å². The highest BCUT2D eigenvalue weighted by Crippen LogP contribution is 2.36. The van der Waals surface area contributed by atoms with Gasteiger partial charge in [-0.25, -0.2) is 0 Å². The molecule has 0 radical (unpaired) electrons. The second-order valence-electron chi connectivity index (χ2n) is 5.84. The number of hydrogen-bond donors (Lipinski definition) is 1. The molecule has 1 fully saturated rings. The SMILES string of the molecule is CCc1cc(CC2(c3ccccc3Cl)CNC2)n(CC)n1. The number of nitrogens with zero attached hydrogens (tertiary/aromatic N) is 2. The minimum Gasteiger partial charge on any atom is -0.315 e. The van der Waals surface area contributed by atoms with Crippen LogP contribution in [-0.2, 0) is 24.8 Å². The van der Waals surface area contributed by atoms with Gasteiger partial charge in [-0.2, -0.15) is 5.10 Å². The van der Waals surface area contributed by atoms with Crippen molar-refractivity contribution in [1.29, 1.82) is 0 Å². The monoisotopic (exact) mass is 303 g/mol. The van der Waals surface area contributed by atoms with Crippen molar-refractivity contribution in [2.45, 2.75) is 38.6 Å². The van der Waals surface area contributed by atoms with Crippen LogP contribution in [0.1, 0.15) is 30.8 Å². The predicted octanol–water partition coefficient (Wildman–Crippen LogP) is 3.20. The number of rotatable bonds is 5. The second kappa shape index (κ2) is 5.82. The van der Waals surface area contributed by atoms with Crippen molar-refractivity contribution in [1.82, 2.24) is 15.1 Å². The van der Waals surface area contributed by atoms with Crippen molar-refractivity contribution < 1.29 is 0 Å². The van der Waals surface area contributed by atoms with Gasteiger partial charge in [-0.1, -0.05) is 36.7 Å². The Kier molecular flexibility index (Phi) is 4.05. The highest BCUT2D eigenvalue weighted by atomic mass is 35.5. The Morgan fingerprint density at radius 2 is 2.05 bits per heavy atom.